The molecule has 108 valence electrons. The highest BCUT2D eigenvalue weighted by Gasteiger charge is 2.14. The molecule has 22 heavy (non-hydrogen) atoms. The second kappa shape index (κ2) is 4.57. The van der Waals surface area contributed by atoms with E-state index in [2.05, 4.69) is 4.98 Å². The fourth-order valence-electron chi connectivity index (χ4n) is 2.28. The molecule has 0 aliphatic carbocycles. The molecule has 5 nitrogen and oxygen atoms in total. The molecule has 2 heterocycles. The van der Waals surface area contributed by atoms with Gasteiger partial charge in [0.25, 0.3) is 0 Å². The first kappa shape index (κ1) is 12.8. The first-order chi connectivity index (χ1) is 10.6. The number of aromatic hydroxyl groups is 2. The zero-order valence-corrected chi connectivity index (χ0v) is 11.9. The Morgan fingerprint density at radius 1 is 1.05 bits per heavy atom. The zero-order chi connectivity index (χ0) is 15.3. The van der Waals surface area contributed by atoms with Gasteiger partial charge in [0.15, 0.2) is 11.5 Å². The predicted molar refractivity (Wildman–Crippen MR) is 84.4 cm³/mol. The highest BCUT2D eigenvalue weighted by atomic mass is 32.1. The van der Waals surface area contributed by atoms with Crippen LogP contribution in [-0.2, 0) is 0 Å². The van der Waals surface area contributed by atoms with Crippen LogP contribution in [-0.4, -0.2) is 15.2 Å². The minimum absolute atomic E-state index is 0.213. The molecule has 2 aromatic carbocycles. The van der Waals surface area contributed by atoms with Crippen LogP contribution in [0.15, 0.2) is 51.7 Å². The van der Waals surface area contributed by atoms with Crippen molar-refractivity contribution in [1.82, 2.24) is 4.98 Å². The zero-order valence-electron chi connectivity index (χ0n) is 11.1. The predicted octanol–water partition coefficient (Wildman–Crippen LogP) is 3.48. The van der Waals surface area contributed by atoms with Gasteiger partial charge in [0.2, 0.25) is 0 Å². The number of hydrogen-bond donors (Lipinski definition) is 2. The van der Waals surface area contributed by atoms with E-state index in [9.17, 15) is 15.0 Å². The van der Waals surface area contributed by atoms with Crippen LogP contribution in [0.4, 0.5) is 0 Å². The van der Waals surface area contributed by atoms with Crippen molar-refractivity contribution in [1.29, 1.82) is 0 Å². The number of para-hydroxylation sites is 1. The molecule has 0 radical (unpaired) electrons. The SMILES string of the molecule is O=c1oc2cc(O)c(O)cc2cc1-c1nc2ccccc2s1. The molecule has 4 aromatic rings. The molecular weight excluding hydrogens is 302 g/mol. The number of hydrogen-bond acceptors (Lipinski definition) is 6. The molecule has 0 saturated heterocycles. The van der Waals surface area contributed by atoms with E-state index in [-0.39, 0.29) is 17.1 Å². The summed E-state index contributed by atoms with van der Waals surface area (Å²) in [6.45, 7) is 0. The largest absolute Gasteiger partial charge is 0.504 e. The third-order valence-electron chi connectivity index (χ3n) is 3.35. The maximum Gasteiger partial charge on any atom is 0.346 e. The van der Waals surface area contributed by atoms with Crippen LogP contribution in [0.5, 0.6) is 11.5 Å². The summed E-state index contributed by atoms with van der Waals surface area (Å²) in [5.74, 6) is -0.597. The van der Waals surface area contributed by atoms with Crippen LogP contribution in [0.2, 0.25) is 0 Å². The van der Waals surface area contributed by atoms with Gasteiger partial charge in [-0.1, -0.05) is 12.1 Å². The monoisotopic (exact) mass is 311 g/mol. The van der Waals surface area contributed by atoms with E-state index in [0.29, 0.717) is 16.0 Å². The fraction of sp³-hybridized carbons (Fsp3) is 0. The van der Waals surface area contributed by atoms with E-state index in [1.807, 2.05) is 24.3 Å². The van der Waals surface area contributed by atoms with Crippen molar-refractivity contribution in [2.24, 2.45) is 0 Å². The minimum atomic E-state index is -0.531. The van der Waals surface area contributed by atoms with Gasteiger partial charge in [-0.15, -0.1) is 11.3 Å². The number of phenols is 2. The average Bonchev–Trinajstić information content (AvgIpc) is 2.92. The number of benzene rings is 2. The Balaban J connectivity index is 1.99. The number of rotatable bonds is 1. The van der Waals surface area contributed by atoms with Crippen molar-refractivity contribution < 1.29 is 14.6 Å². The average molecular weight is 311 g/mol. The maximum absolute atomic E-state index is 12.2. The molecular formula is C16H9NO4S. The number of phenolic OH excluding ortho intramolecular Hbond substituents is 2. The van der Waals surface area contributed by atoms with E-state index >= 15 is 0 Å². The van der Waals surface area contributed by atoms with E-state index in [1.54, 1.807) is 6.07 Å². The third kappa shape index (κ3) is 1.93. The molecule has 0 amide bonds. The summed E-state index contributed by atoms with van der Waals surface area (Å²) in [4.78, 5) is 16.6. The lowest BCUT2D eigenvalue weighted by atomic mass is 10.1. The Bertz CT molecular complexity index is 1050. The summed E-state index contributed by atoms with van der Waals surface area (Å²) < 4.78 is 6.20. The topological polar surface area (TPSA) is 83.6 Å². The molecule has 0 saturated carbocycles. The van der Waals surface area contributed by atoms with Gasteiger partial charge in [-0.3, -0.25) is 0 Å². The van der Waals surface area contributed by atoms with E-state index < -0.39 is 5.63 Å². The van der Waals surface area contributed by atoms with Crippen LogP contribution >= 0.6 is 11.3 Å². The molecule has 0 aliphatic rings. The van der Waals surface area contributed by atoms with Gasteiger partial charge in [0.05, 0.1) is 15.8 Å². The van der Waals surface area contributed by atoms with Crippen molar-refractivity contribution in [2.45, 2.75) is 0 Å². The molecule has 0 fully saturated rings. The number of thiazole rings is 1. The van der Waals surface area contributed by atoms with Crippen LogP contribution in [0.1, 0.15) is 0 Å². The normalized spacial score (nSPS) is 11.3. The summed E-state index contributed by atoms with van der Waals surface area (Å²) in [6, 6.07) is 11.8. The standard InChI is InChI=1S/C16H9NO4S/c18-11-6-8-5-9(16(20)21-13(8)7-12(11)19)15-17-10-3-1-2-4-14(10)22-15/h1-7,18-19H. The highest BCUT2D eigenvalue weighted by molar-refractivity contribution is 7.21. The van der Waals surface area contributed by atoms with E-state index in [0.717, 1.165) is 10.2 Å². The minimum Gasteiger partial charge on any atom is -0.504 e. The lowest BCUT2D eigenvalue weighted by Gasteiger charge is -2.02. The molecule has 6 heteroatoms. The Morgan fingerprint density at radius 3 is 2.64 bits per heavy atom. The van der Waals surface area contributed by atoms with Crippen LogP contribution < -0.4 is 5.63 Å². The van der Waals surface area contributed by atoms with Crippen LogP contribution in [0.3, 0.4) is 0 Å². The number of nitrogens with zero attached hydrogens (tertiary/aromatic N) is 1. The smallest absolute Gasteiger partial charge is 0.346 e. The van der Waals surface area contributed by atoms with Crippen LogP contribution in [0.25, 0.3) is 31.8 Å². The molecule has 2 aromatic heterocycles. The summed E-state index contributed by atoms with van der Waals surface area (Å²) in [5.41, 5.74) is 0.830. The van der Waals surface area contributed by atoms with Gasteiger partial charge in [0, 0.05) is 11.5 Å². The second-order valence-electron chi connectivity index (χ2n) is 4.81. The first-order valence-electron chi connectivity index (χ1n) is 6.47. The quantitative estimate of drug-likeness (QED) is 0.415. The molecule has 0 unspecified atom stereocenters. The van der Waals surface area contributed by atoms with Crippen molar-refractivity contribution in [3.63, 3.8) is 0 Å². The number of fused-ring (bicyclic) bond motifs is 2. The molecule has 0 atom stereocenters. The maximum atomic E-state index is 12.2. The number of aromatic nitrogens is 1. The van der Waals surface area contributed by atoms with Crippen molar-refractivity contribution in [3.05, 3.63) is 52.9 Å². The molecule has 0 spiro atoms. The Labute approximate surface area is 127 Å². The second-order valence-corrected chi connectivity index (χ2v) is 5.84. The van der Waals surface area contributed by atoms with Gasteiger partial charge in [-0.05, 0) is 24.3 Å². The van der Waals surface area contributed by atoms with Crippen molar-refractivity contribution in [2.75, 3.05) is 0 Å². The Morgan fingerprint density at radius 2 is 1.82 bits per heavy atom. The molecule has 0 bridgehead atoms. The Hall–Kier alpha value is -2.86. The molecule has 4 rings (SSSR count). The third-order valence-corrected chi connectivity index (χ3v) is 4.42. The van der Waals surface area contributed by atoms with Crippen molar-refractivity contribution in [3.8, 4) is 22.1 Å². The summed E-state index contributed by atoms with van der Waals surface area (Å²) in [7, 11) is 0. The van der Waals surface area contributed by atoms with Gasteiger partial charge < -0.3 is 14.6 Å². The van der Waals surface area contributed by atoms with E-state index in [4.69, 9.17) is 4.42 Å². The first-order valence-corrected chi connectivity index (χ1v) is 7.29. The van der Waals surface area contributed by atoms with E-state index in [1.165, 1.54) is 23.5 Å². The molecule has 0 aliphatic heterocycles. The fourth-order valence-corrected chi connectivity index (χ4v) is 3.25. The lowest BCUT2D eigenvalue weighted by molar-refractivity contribution is 0.403. The summed E-state index contributed by atoms with van der Waals surface area (Å²) in [5, 5.41) is 20.1. The molecule has 2 N–H and O–H groups in total. The summed E-state index contributed by atoms with van der Waals surface area (Å²) >= 11 is 1.40. The van der Waals surface area contributed by atoms with Crippen molar-refractivity contribution >= 4 is 32.5 Å². The van der Waals surface area contributed by atoms with Gasteiger partial charge >= 0.3 is 5.63 Å². The van der Waals surface area contributed by atoms with Gasteiger partial charge in [0.1, 0.15) is 10.6 Å². The summed E-state index contributed by atoms with van der Waals surface area (Å²) in [6.07, 6.45) is 0. The Kier molecular flexibility index (Phi) is 2.67. The van der Waals surface area contributed by atoms with Crippen LogP contribution in [0, 0.1) is 0 Å². The highest BCUT2D eigenvalue weighted by Crippen LogP contribution is 2.33. The lowest BCUT2D eigenvalue weighted by Crippen LogP contribution is -2.02. The van der Waals surface area contributed by atoms with Gasteiger partial charge in [-0.2, -0.15) is 0 Å². The van der Waals surface area contributed by atoms with Gasteiger partial charge in [-0.25, -0.2) is 9.78 Å².